The fourth-order valence-electron chi connectivity index (χ4n) is 4.84. The van der Waals surface area contributed by atoms with Gasteiger partial charge in [0.15, 0.2) is 0 Å². The number of carbonyl (C=O) groups is 2. The average molecular weight is 763 g/mol. The highest BCUT2D eigenvalue weighted by atomic mass is 31.2. The van der Waals surface area contributed by atoms with Crippen LogP contribution in [0, 0.1) is 0 Å². The minimum Gasteiger partial charge on any atom is -0.462 e. The summed E-state index contributed by atoms with van der Waals surface area (Å²) in [5, 5.41) is 31.4. The number of aliphatic hydroxyl groups is 3. The Hall–Kier alpha value is -0.880. The first kappa shape index (κ1) is 45.1. The van der Waals surface area contributed by atoms with Gasteiger partial charge in [-0.25, -0.2) is 13.5 Å². The van der Waals surface area contributed by atoms with Gasteiger partial charge in [0.25, 0.3) is 0 Å². The molecule has 1 aliphatic carbocycles. The van der Waals surface area contributed by atoms with Crippen LogP contribution in [0.5, 0.6) is 0 Å². The molecule has 0 saturated heterocycles. The van der Waals surface area contributed by atoms with Crippen LogP contribution in [0.15, 0.2) is 0 Å². The van der Waals surface area contributed by atoms with Crippen molar-refractivity contribution in [1.29, 1.82) is 0 Å². The number of hydrogen-bond donors (Lipinski definition) is 8. The van der Waals surface area contributed by atoms with Crippen molar-refractivity contribution in [3.63, 3.8) is 0 Å². The highest BCUT2D eigenvalue weighted by molar-refractivity contribution is 7.53. The van der Waals surface area contributed by atoms with Gasteiger partial charge in [0.05, 0.1) is 0 Å². The summed E-state index contributed by atoms with van der Waals surface area (Å²) < 4.78 is 74.8. The van der Waals surface area contributed by atoms with Gasteiger partial charge in [-0.3, -0.25) is 27.7 Å². The van der Waals surface area contributed by atoms with E-state index in [4.69, 9.17) is 23.8 Å². The lowest BCUT2D eigenvalue weighted by molar-refractivity contribution is -0.211. The topological polar surface area (TPSA) is 293 Å². The Balaban J connectivity index is 3.08. The maximum Gasteiger partial charge on any atom is 0.470 e. The molecule has 0 aromatic carbocycles. The molecule has 48 heavy (non-hydrogen) atoms. The number of carbonyl (C=O) groups excluding carboxylic acids is 2. The van der Waals surface area contributed by atoms with E-state index in [1.165, 1.54) is 0 Å². The molecule has 0 bridgehead atoms. The minimum atomic E-state index is -5.67. The summed E-state index contributed by atoms with van der Waals surface area (Å²) in [4.78, 5) is 71.8. The molecule has 2 unspecified atom stereocenters. The smallest absolute Gasteiger partial charge is 0.462 e. The summed E-state index contributed by atoms with van der Waals surface area (Å²) in [6.07, 6.45) is -10.1. The van der Waals surface area contributed by atoms with E-state index in [1.54, 1.807) is 0 Å². The zero-order chi connectivity index (χ0) is 36.7. The van der Waals surface area contributed by atoms with Gasteiger partial charge in [-0.05, 0) is 12.8 Å². The van der Waals surface area contributed by atoms with Gasteiger partial charge in [-0.1, -0.05) is 65.2 Å². The van der Waals surface area contributed by atoms with E-state index < -0.39 is 96.8 Å². The number of alkyl halides is 1. The lowest BCUT2D eigenvalue weighted by atomic mass is 9.85. The molecule has 0 aliphatic heterocycles. The molecular formula is C26H50FO18P3. The standard InChI is InChI=1S/C26H50FO18P3/c1-3-5-7-9-11-13-19(28)41-16-17(42-20(29)14-12-10-8-6-4-2)15-18(27)46(33,34)43-24-21(30)22(31)25(44-47(35,36)37)26(23(24)32)45-48(38,39)40/h17-18,21-26,30-32H,3-16H2,1-2H3,(H,33,34)(H2,35,36,37)(H2,38,39,40)/t17-,18?,21+,22-,23-,24+,25+,26+/m0/s1. The van der Waals surface area contributed by atoms with Crippen molar-refractivity contribution in [2.24, 2.45) is 0 Å². The lowest BCUT2D eigenvalue weighted by Gasteiger charge is -2.45. The largest absolute Gasteiger partial charge is 0.470 e. The molecule has 9 atom stereocenters. The predicted molar refractivity (Wildman–Crippen MR) is 164 cm³/mol. The summed E-state index contributed by atoms with van der Waals surface area (Å²) in [6.45, 7) is 3.34. The van der Waals surface area contributed by atoms with E-state index in [2.05, 4.69) is 9.05 Å². The number of esters is 2. The summed E-state index contributed by atoms with van der Waals surface area (Å²) in [5.74, 6) is -4.44. The third-order valence-electron chi connectivity index (χ3n) is 7.32. The average Bonchev–Trinajstić information content (AvgIpc) is 2.97. The van der Waals surface area contributed by atoms with Crippen molar-refractivity contribution in [3.05, 3.63) is 0 Å². The van der Waals surface area contributed by atoms with Gasteiger partial charge >= 0.3 is 35.2 Å². The van der Waals surface area contributed by atoms with Crippen LogP contribution in [-0.4, -0.2) is 107 Å². The Morgan fingerprint density at radius 1 is 0.646 bits per heavy atom. The third kappa shape index (κ3) is 17.4. The zero-order valence-corrected chi connectivity index (χ0v) is 29.6. The Labute approximate surface area is 278 Å². The van der Waals surface area contributed by atoms with E-state index >= 15 is 4.39 Å². The van der Waals surface area contributed by atoms with Crippen LogP contribution in [0.4, 0.5) is 4.39 Å². The van der Waals surface area contributed by atoms with E-state index in [0.717, 1.165) is 44.9 Å². The van der Waals surface area contributed by atoms with Crippen LogP contribution in [0.2, 0.25) is 0 Å². The molecular weight excluding hydrogens is 712 g/mol. The van der Waals surface area contributed by atoms with Crippen molar-refractivity contribution < 1.29 is 90.5 Å². The zero-order valence-electron chi connectivity index (χ0n) is 26.9. The van der Waals surface area contributed by atoms with Crippen LogP contribution in [-0.2, 0) is 46.3 Å². The van der Waals surface area contributed by atoms with Crippen molar-refractivity contribution in [2.75, 3.05) is 6.61 Å². The van der Waals surface area contributed by atoms with E-state index in [9.17, 15) is 53.3 Å². The van der Waals surface area contributed by atoms with Gasteiger partial charge < -0.3 is 49.3 Å². The van der Waals surface area contributed by atoms with Crippen molar-refractivity contribution in [3.8, 4) is 0 Å². The van der Waals surface area contributed by atoms with Crippen LogP contribution >= 0.6 is 23.2 Å². The first-order valence-electron chi connectivity index (χ1n) is 15.7. The SMILES string of the molecule is CCCCCCCC(=O)OC[C@H](CC(F)P(=O)(O)O[C@@H]1[C@H](O)[C@H](O)[C@@H](OP(=O)(O)O)[C@H](OP(=O)(O)O)[C@H]1O)OC(=O)CCCCCCC. The number of phosphoric ester groups is 2. The van der Waals surface area contributed by atoms with E-state index in [0.29, 0.717) is 19.3 Å². The van der Waals surface area contributed by atoms with Crippen LogP contribution < -0.4 is 0 Å². The molecule has 0 amide bonds. The monoisotopic (exact) mass is 762 g/mol. The highest BCUT2D eigenvalue weighted by Crippen LogP contribution is 2.54. The van der Waals surface area contributed by atoms with Gasteiger partial charge in [-0.2, -0.15) is 0 Å². The molecule has 8 N–H and O–H groups in total. The number of rotatable bonds is 24. The van der Waals surface area contributed by atoms with Gasteiger partial charge in [0.1, 0.15) is 49.3 Å². The van der Waals surface area contributed by atoms with Crippen LogP contribution in [0.25, 0.3) is 0 Å². The summed E-state index contributed by atoms with van der Waals surface area (Å²) in [6, 6.07) is 0. The second kappa shape index (κ2) is 21.5. The van der Waals surface area contributed by atoms with Gasteiger partial charge in [0, 0.05) is 19.3 Å². The van der Waals surface area contributed by atoms with Crippen LogP contribution in [0.1, 0.15) is 97.3 Å². The van der Waals surface area contributed by atoms with Gasteiger partial charge in [-0.15, -0.1) is 0 Å². The molecule has 0 spiro atoms. The molecule has 1 rings (SSSR count). The first-order valence-corrected chi connectivity index (χ1v) is 20.4. The Bertz CT molecular complexity index is 1120. The molecule has 0 radical (unpaired) electrons. The molecule has 18 nitrogen and oxygen atoms in total. The minimum absolute atomic E-state index is 0.0207. The number of ether oxygens (including phenoxy) is 2. The quantitative estimate of drug-likeness (QED) is 0.0398. The molecule has 22 heteroatoms. The second-order valence-corrected chi connectivity index (χ2v) is 15.8. The molecule has 284 valence electrons. The lowest BCUT2D eigenvalue weighted by Crippen LogP contribution is -2.65. The van der Waals surface area contributed by atoms with E-state index in [-0.39, 0.29) is 12.8 Å². The maximum absolute atomic E-state index is 15.4. The first-order chi connectivity index (χ1) is 22.2. The van der Waals surface area contributed by atoms with Crippen molar-refractivity contribution in [1.82, 2.24) is 0 Å². The summed E-state index contributed by atoms with van der Waals surface area (Å²) >= 11 is 0. The number of halogens is 1. The molecule has 0 aromatic rings. The molecule has 1 saturated carbocycles. The maximum atomic E-state index is 15.4. The fraction of sp³-hybridized carbons (Fsp3) is 0.923. The van der Waals surface area contributed by atoms with Crippen molar-refractivity contribution >= 4 is 35.2 Å². The summed E-state index contributed by atoms with van der Waals surface area (Å²) in [5.41, 5.74) is 0. The highest BCUT2D eigenvalue weighted by Gasteiger charge is 2.57. The number of aliphatic hydroxyl groups excluding tert-OH is 3. The molecule has 0 aromatic heterocycles. The van der Waals surface area contributed by atoms with Crippen molar-refractivity contribution in [2.45, 2.75) is 146 Å². The molecule has 0 heterocycles. The Morgan fingerprint density at radius 2 is 1.08 bits per heavy atom. The van der Waals surface area contributed by atoms with Gasteiger partial charge in [0.2, 0.25) is 5.91 Å². The second-order valence-electron chi connectivity index (χ2n) is 11.5. The Morgan fingerprint density at radius 3 is 1.56 bits per heavy atom. The normalized spacial score (nSPS) is 26.0. The third-order valence-corrected chi connectivity index (χ3v) is 9.82. The summed E-state index contributed by atoms with van der Waals surface area (Å²) in [7, 11) is -16.9. The number of unbranched alkanes of at least 4 members (excludes halogenated alkanes) is 8. The Kier molecular flexibility index (Phi) is 20.2. The van der Waals surface area contributed by atoms with E-state index in [1.807, 2.05) is 13.8 Å². The molecule has 1 aliphatic rings. The molecule has 1 fully saturated rings. The fourth-order valence-corrected chi connectivity index (χ4v) is 7.20. The van der Waals surface area contributed by atoms with Crippen LogP contribution in [0.3, 0.4) is 0 Å². The predicted octanol–water partition coefficient (Wildman–Crippen LogP) is 2.47. The number of phosphoric acid groups is 2. The number of hydrogen-bond acceptors (Lipinski definition) is 13.